The average Bonchev–Trinajstić information content (AvgIpc) is 2.14. The number of aryl methyl sites for hydroxylation is 1. The lowest BCUT2D eigenvalue weighted by Crippen LogP contribution is -2.08. The molecule has 1 aromatic rings. The molecule has 1 aliphatic carbocycles. The van der Waals surface area contributed by atoms with Crippen molar-refractivity contribution in [2.24, 2.45) is 0 Å². The third kappa shape index (κ3) is 2.68. The van der Waals surface area contributed by atoms with Crippen molar-refractivity contribution in [2.45, 2.75) is 44.9 Å². The van der Waals surface area contributed by atoms with Gasteiger partial charge in [-0.25, -0.2) is 0 Å². The molecule has 1 aliphatic rings. The molecule has 0 aliphatic heterocycles. The van der Waals surface area contributed by atoms with E-state index in [0.29, 0.717) is 6.42 Å². The Morgan fingerprint density at radius 2 is 1.93 bits per heavy atom. The van der Waals surface area contributed by atoms with E-state index in [0.717, 1.165) is 12.3 Å². The fourth-order valence-electron chi connectivity index (χ4n) is 2.02. The van der Waals surface area contributed by atoms with Crippen LogP contribution in [0.3, 0.4) is 0 Å². The van der Waals surface area contributed by atoms with Gasteiger partial charge < -0.3 is 4.79 Å². The highest BCUT2D eigenvalue weighted by atomic mass is 16.1. The zero-order chi connectivity index (χ0) is 10.7. The van der Waals surface area contributed by atoms with E-state index in [1.165, 1.54) is 30.4 Å². The summed E-state index contributed by atoms with van der Waals surface area (Å²) in [5.41, 5.74) is 2.76. The number of Topliss-reactive ketones (excluding diaryl/α,β-unsaturated/α-hetero) is 1. The second kappa shape index (κ2) is 4.61. The number of benzene rings is 1. The van der Waals surface area contributed by atoms with Gasteiger partial charge in [-0.1, -0.05) is 30.7 Å². The van der Waals surface area contributed by atoms with Crippen molar-refractivity contribution in [3.05, 3.63) is 35.4 Å². The Labute approximate surface area is 91.5 Å². The molecule has 0 saturated heterocycles. The van der Waals surface area contributed by atoms with Crippen LogP contribution in [0.25, 0.3) is 0 Å². The standard InChI is InChI=1S/C14H18O/c1-11(15)5-6-12-7-9-14(10-8-12)13-3-2-4-13/h7-10,13H,2-6H2,1H3. The summed E-state index contributed by atoms with van der Waals surface area (Å²) in [6.45, 7) is 1.66. The van der Waals surface area contributed by atoms with E-state index < -0.39 is 0 Å². The first kappa shape index (κ1) is 10.4. The Kier molecular flexibility index (Phi) is 3.20. The van der Waals surface area contributed by atoms with E-state index in [-0.39, 0.29) is 5.78 Å². The van der Waals surface area contributed by atoms with Gasteiger partial charge in [0.25, 0.3) is 0 Å². The molecule has 0 heterocycles. The van der Waals surface area contributed by atoms with Crippen molar-refractivity contribution < 1.29 is 4.79 Å². The molecule has 1 aromatic carbocycles. The van der Waals surface area contributed by atoms with E-state index in [2.05, 4.69) is 24.3 Å². The lowest BCUT2D eigenvalue weighted by molar-refractivity contribution is -0.116. The molecule has 0 spiro atoms. The third-order valence-electron chi connectivity index (χ3n) is 3.32. The van der Waals surface area contributed by atoms with Crippen LogP contribution in [0.5, 0.6) is 0 Å². The van der Waals surface area contributed by atoms with Crippen LogP contribution in [0.4, 0.5) is 0 Å². The topological polar surface area (TPSA) is 17.1 Å². The van der Waals surface area contributed by atoms with Gasteiger partial charge in [0, 0.05) is 6.42 Å². The number of carbonyl (C=O) groups excluding carboxylic acids is 1. The van der Waals surface area contributed by atoms with Crippen LogP contribution in [0, 0.1) is 0 Å². The summed E-state index contributed by atoms with van der Waals surface area (Å²) in [6.07, 6.45) is 5.65. The van der Waals surface area contributed by atoms with E-state index in [4.69, 9.17) is 0 Å². The lowest BCUT2D eigenvalue weighted by Gasteiger charge is -2.25. The first-order valence-corrected chi connectivity index (χ1v) is 5.84. The smallest absolute Gasteiger partial charge is 0.130 e. The molecule has 80 valence electrons. The molecule has 0 aromatic heterocycles. The van der Waals surface area contributed by atoms with Crippen LogP contribution < -0.4 is 0 Å². The van der Waals surface area contributed by atoms with E-state index in [9.17, 15) is 4.79 Å². The maximum absolute atomic E-state index is 10.8. The van der Waals surface area contributed by atoms with Gasteiger partial charge in [-0.3, -0.25) is 0 Å². The zero-order valence-electron chi connectivity index (χ0n) is 9.33. The maximum Gasteiger partial charge on any atom is 0.130 e. The van der Waals surface area contributed by atoms with Gasteiger partial charge in [-0.15, -0.1) is 0 Å². The minimum Gasteiger partial charge on any atom is -0.300 e. The molecule has 1 fully saturated rings. The van der Waals surface area contributed by atoms with Crippen molar-refractivity contribution >= 4 is 5.78 Å². The number of ketones is 1. The molecule has 15 heavy (non-hydrogen) atoms. The van der Waals surface area contributed by atoms with E-state index in [1.807, 2.05) is 0 Å². The van der Waals surface area contributed by atoms with Gasteiger partial charge in [0.2, 0.25) is 0 Å². The first-order chi connectivity index (χ1) is 7.25. The summed E-state index contributed by atoms with van der Waals surface area (Å²) in [5, 5.41) is 0. The lowest BCUT2D eigenvalue weighted by atomic mass is 9.80. The molecular formula is C14H18O. The van der Waals surface area contributed by atoms with Crippen LogP contribution in [0.15, 0.2) is 24.3 Å². The molecular weight excluding hydrogens is 184 g/mol. The minimum atomic E-state index is 0.276. The van der Waals surface area contributed by atoms with Crippen LogP contribution in [0.1, 0.15) is 49.7 Å². The summed E-state index contributed by atoms with van der Waals surface area (Å²) >= 11 is 0. The molecule has 0 atom stereocenters. The van der Waals surface area contributed by atoms with E-state index >= 15 is 0 Å². The van der Waals surface area contributed by atoms with Crippen molar-refractivity contribution in [1.82, 2.24) is 0 Å². The average molecular weight is 202 g/mol. The molecule has 2 rings (SSSR count). The van der Waals surface area contributed by atoms with Gasteiger partial charge in [-0.05, 0) is 43.2 Å². The Hall–Kier alpha value is -1.11. The largest absolute Gasteiger partial charge is 0.300 e. The second-order valence-corrected chi connectivity index (χ2v) is 4.57. The maximum atomic E-state index is 10.8. The summed E-state index contributed by atoms with van der Waals surface area (Å²) in [5.74, 6) is 1.09. The quantitative estimate of drug-likeness (QED) is 0.730. The van der Waals surface area contributed by atoms with Crippen LogP contribution in [-0.4, -0.2) is 5.78 Å². The third-order valence-corrected chi connectivity index (χ3v) is 3.32. The molecule has 0 N–H and O–H groups in total. The highest BCUT2D eigenvalue weighted by molar-refractivity contribution is 5.75. The predicted octanol–water partition coefficient (Wildman–Crippen LogP) is 3.48. The highest BCUT2D eigenvalue weighted by Gasteiger charge is 2.18. The van der Waals surface area contributed by atoms with Gasteiger partial charge in [0.15, 0.2) is 0 Å². The minimum absolute atomic E-state index is 0.276. The van der Waals surface area contributed by atoms with Gasteiger partial charge in [-0.2, -0.15) is 0 Å². The van der Waals surface area contributed by atoms with Crippen molar-refractivity contribution in [2.75, 3.05) is 0 Å². The number of hydrogen-bond donors (Lipinski definition) is 0. The summed E-state index contributed by atoms with van der Waals surface area (Å²) < 4.78 is 0. The first-order valence-electron chi connectivity index (χ1n) is 5.84. The van der Waals surface area contributed by atoms with Crippen molar-refractivity contribution in [1.29, 1.82) is 0 Å². The van der Waals surface area contributed by atoms with E-state index in [1.54, 1.807) is 6.92 Å². The van der Waals surface area contributed by atoms with Crippen LogP contribution >= 0.6 is 0 Å². The second-order valence-electron chi connectivity index (χ2n) is 4.57. The Bertz CT molecular complexity index is 333. The van der Waals surface area contributed by atoms with Crippen molar-refractivity contribution in [3.63, 3.8) is 0 Å². The number of hydrogen-bond acceptors (Lipinski definition) is 1. The van der Waals surface area contributed by atoms with Crippen molar-refractivity contribution in [3.8, 4) is 0 Å². The number of carbonyl (C=O) groups is 1. The number of rotatable bonds is 4. The molecule has 1 nitrogen and oxygen atoms in total. The van der Waals surface area contributed by atoms with Gasteiger partial charge in [0.05, 0.1) is 0 Å². The summed E-state index contributed by atoms with van der Waals surface area (Å²) in [7, 11) is 0. The molecule has 1 heteroatoms. The monoisotopic (exact) mass is 202 g/mol. The Balaban J connectivity index is 1.94. The fourth-order valence-corrected chi connectivity index (χ4v) is 2.02. The molecule has 0 amide bonds. The highest BCUT2D eigenvalue weighted by Crippen LogP contribution is 2.36. The summed E-state index contributed by atoms with van der Waals surface area (Å²) in [4.78, 5) is 10.8. The van der Waals surface area contributed by atoms with Gasteiger partial charge in [0.1, 0.15) is 5.78 Å². The van der Waals surface area contributed by atoms with Crippen LogP contribution in [-0.2, 0) is 11.2 Å². The molecule has 0 bridgehead atoms. The molecule has 0 unspecified atom stereocenters. The van der Waals surface area contributed by atoms with Gasteiger partial charge >= 0.3 is 0 Å². The SMILES string of the molecule is CC(=O)CCc1ccc(C2CCC2)cc1. The fraction of sp³-hybridized carbons (Fsp3) is 0.500. The molecule has 0 radical (unpaired) electrons. The summed E-state index contributed by atoms with van der Waals surface area (Å²) in [6, 6.07) is 8.83. The Morgan fingerprint density at radius 1 is 1.27 bits per heavy atom. The molecule has 1 saturated carbocycles. The zero-order valence-corrected chi connectivity index (χ0v) is 9.33. The van der Waals surface area contributed by atoms with Crippen LogP contribution in [0.2, 0.25) is 0 Å². The Morgan fingerprint density at radius 3 is 2.40 bits per heavy atom. The normalized spacial score (nSPS) is 16.1. The predicted molar refractivity (Wildman–Crippen MR) is 62.0 cm³/mol.